The number of rotatable bonds is 4. The zero-order valence-electron chi connectivity index (χ0n) is 15.7. The van der Waals surface area contributed by atoms with Crippen LogP contribution in [0, 0.1) is 0 Å². The number of esters is 1. The van der Waals surface area contributed by atoms with Crippen LogP contribution in [0.3, 0.4) is 0 Å². The highest BCUT2D eigenvalue weighted by Gasteiger charge is 2.34. The maximum Gasteiger partial charge on any atom is 0.337 e. The van der Waals surface area contributed by atoms with Gasteiger partial charge in [0.15, 0.2) is 5.17 Å². The Morgan fingerprint density at radius 1 is 1.24 bits per heavy atom. The molecule has 1 saturated heterocycles. The Labute approximate surface area is 177 Å². The molecule has 1 N–H and O–H groups in total. The predicted octanol–water partition coefficient (Wildman–Crippen LogP) is 3.72. The smallest absolute Gasteiger partial charge is 0.337 e. The van der Waals surface area contributed by atoms with E-state index in [1.807, 2.05) is 0 Å². The number of anilines is 1. The van der Waals surface area contributed by atoms with Crippen molar-refractivity contribution in [2.75, 3.05) is 19.5 Å². The number of carbonyl (C=O) groups is 3. The van der Waals surface area contributed by atoms with Crippen LogP contribution in [0.4, 0.5) is 11.4 Å². The minimum atomic E-state index is -0.620. The fourth-order valence-electron chi connectivity index (χ4n) is 2.59. The molecule has 1 fully saturated rings. The standard InChI is InChI=1S/C20H18ClN3O4S/c1-24-17(25)11-16(18(26)22-15-5-3-4-13(21)10-15)29-20(24)23-14-8-6-12(7-9-14)19(27)28-2/h3-10,16H,11H2,1-2H3,(H,22,26). The van der Waals surface area contributed by atoms with Crippen molar-refractivity contribution in [1.82, 2.24) is 4.90 Å². The summed E-state index contributed by atoms with van der Waals surface area (Å²) in [6.45, 7) is 0. The van der Waals surface area contributed by atoms with Crippen LogP contribution in [-0.4, -0.2) is 47.3 Å². The molecule has 0 bridgehead atoms. The van der Waals surface area contributed by atoms with Crippen molar-refractivity contribution in [3.63, 3.8) is 0 Å². The lowest BCUT2D eigenvalue weighted by Crippen LogP contribution is -2.43. The van der Waals surface area contributed by atoms with E-state index in [4.69, 9.17) is 11.6 Å². The summed E-state index contributed by atoms with van der Waals surface area (Å²) in [4.78, 5) is 42.4. The lowest BCUT2D eigenvalue weighted by atomic mass is 10.2. The second-order valence-electron chi connectivity index (χ2n) is 6.20. The Morgan fingerprint density at radius 2 is 1.97 bits per heavy atom. The zero-order valence-corrected chi connectivity index (χ0v) is 17.3. The third-order valence-corrected chi connectivity index (χ3v) is 5.64. The predicted molar refractivity (Wildman–Crippen MR) is 114 cm³/mol. The molecule has 1 aliphatic rings. The molecule has 1 heterocycles. The quantitative estimate of drug-likeness (QED) is 0.745. The fraction of sp³-hybridized carbons (Fsp3) is 0.200. The minimum absolute atomic E-state index is 0.0634. The van der Waals surface area contributed by atoms with Gasteiger partial charge in [0.2, 0.25) is 11.8 Å². The van der Waals surface area contributed by atoms with Gasteiger partial charge in [-0.2, -0.15) is 0 Å². The Bertz CT molecular complexity index is 978. The number of amides is 2. The van der Waals surface area contributed by atoms with Crippen LogP contribution in [-0.2, 0) is 14.3 Å². The van der Waals surface area contributed by atoms with Crippen molar-refractivity contribution in [3.05, 3.63) is 59.1 Å². The number of methoxy groups -OCH3 is 1. The number of hydrogen-bond acceptors (Lipinski definition) is 6. The fourth-order valence-corrected chi connectivity index (χ4v) is 3.84. The van der Waals surface area contributed by atoms with Gasteiger partial charge in [-0.25, -0.2) is 9.79 Å². The molecule has 7 nitrogen and oxygen atoms in total. The molecule has 1 atom stereocenters. The van der Waals surface area contributed by atoms with Gasteiger partial charge in [0, 0.05) is 24.2 Å². The van der Waals surface area contributed by atoms with Gasteiger partial charge in [-0.05, 0) is 42.5 Å². The highest BCUT2D eigenvalue weighted by molar-refractivity contribution is 8.15. The molecule has 0 radical (unpaired) electrons. The first-order valence-corrected chi connectivity index (χ1v) is 9.90. The van der Waals surface area contributed by atoms with Gasteiger partial charge in [-0.15, -0.1) is 0 Å². The van der Waals surface area contributed by atoms with Crippen LogP contribution in [0.2, 0.25) is 5.02 Å². The summed E-state index contributed by atoms with van der Waals surface area (Å²) in [5.74, 6) is -0.950. The normalized spacial score (nSPS) is 17.9. The molecule has 0 saturated carbocycles. The first kappa shape index (κ1) is 20.9. The molecule has 29 heavy (non-hydrogen) atoms. The first-order chi connectivity index (χ1) is 13.9. The zero-order chi connectivity index (χ0) is 21.0. The molecule has 150 valence electrons. The number of ether oxygens (including phenoxy) is 1. The van der Waals surface area contributed by atoms with E-state index in [0.717, 1.165) is 0 Å². The van der Waals surface area contributed by atoms with Gasteiger partial charge in [0.05, 0.1) is 18.4 Å². The molecule has 0 spiro atoms. The summed E-state index contributed by atoms with van der Waals surface area (Å²) in [6.07, 6.45) is 0.0634. The van der Waals surface area contributed by atoms with Crippen LogP contribution in [0.1, 0.15) is 16.8 Å². The van der Waals surface area contributed by atoms with E-state index in [1.165, 1.54) is 23.8 Å². The molecule has 0 aromatic heterocycles. The summed E-state index contributed by atoms with van der Waals surface area (Å²) in [7, 11) is 2.92. The number of hydrogen-bond donors (Lipinski definition) is 1. The Morgan fingerprint density at radius 3 is 2.62 bits per heavy atom. The van der Waals surface area contributed by atoms with Gasteiger partial charge in [-0.1, -0.05) is 29.4 Å². The Balaban J connectivity index is 1.76. The molecule has 0 aliphatic carbocycles. The Kier molecular flexibility index (Phi) is 6.56. The SMILES string of the molecule is COC(=O)c1ccc(N=C2SC(C(=O)Nc3cccc(Cl)c3)CC(=O)N2C)cc1. The van der Waals surface area contributed by atoms with Crippen molar-refractivity contribution in [3.8, 4) is 0 Å². The Hall–Kier alpha value is -2.84. The second-order valence-corrected chi connectivity index (χ2v) is 7.80. The van der Waals surface area contributed by atoms with E-state index in [9.17, 15) is 14.4 Å². The van der Waals surface area contributed by atoms with E-state index < -0.39 is 11.2 Å². The lowest BCUT2D eigenvalue weighted by molar-refractivity contribution is -0.128. The lowest BCUT2D eigenvalue weighted by Gasteiger charge is -2.28. The van der Waals surface area contributed by atoms with E-state index in [0.29, 0.717) is 27.1 Å². The molecular formula is C20H18ClN3O4S. The minimum Gasteiger partial charge on any atom is -0.465 e. The van der Waals surface area contributed by atoms with E-state index in [-0.39, 0.29) is 18.2 Å². The van der Waals surface area contributed by atoms with Gasteiger partial charge in [0.1, 0.15) is 5.25 Å². The van der Waals surface area contributed by atoms with Crippen molar-refractivity contribution in [2.24, 2.45) is 4.99 Å². The summed E-state index contributed by atoms with van der Waals surface area (Å²) >= 11 is 7.15. The monoisotopic (exact) mass is 431 g/mol. The average molecular weight is 432 g/mol. The number of benzene rings is 2. The third-order valence-electron chi connectivity index (χ3n) is 4.17. The largest absolute Gasteiger partial charge is 0.465 e. The topological polar surface area (TPSA) is 88.1 Å². The molecule has 1 aliphatic heterocycles. The summed E-state index contributed by atoms with van der Waals surface area (Å²) < 4.78 is 4.67. The molecule has 3 rings (SSSR count). The summed E-state index contributed by atoms with van der Waals surface area (Å²) in [6, 6.07) is 13.3. The van der Waals surface area contributed by atoms with E-state index in [1.54, 1.807) is 55.6 Å². The maximum absolute atomic E-state index is 12.6. The highest BCUT2D eigenvalue weighted by atomic mass is 35.5. The summed E-state index contributed by atoms with van der Waals surface area (Å²) in [5, 5.41) is 3.07. The van der Waals surface area contributed by atoms with Crippen LogP contribution >= 0.6 is 23.4 Å². The van der Waals surface area contributed by atoms with Crippen LogP contribution in [0.15, 0.2) is 53.5 Å². The van der Waals surface area contributed by atoms with Gasteiger partial charge in [0.25, 0.3) is 0 Å². The average Bonchev–Trinajstić information content (AvgIpc) is 2.71. The second kappa shape index (κ2) is 9.11. The van der Waals surface area contributed by atoms with Crippen molar-refractivity contribution >= 4 is 57.7 Å². The molecular weight excluding hydrogens is 414 g/mol. The molecule has 1 unspecified atom stereocenters. The van der Waals surface area contributed by atoms with E-state index in [2.05, 4.69) is 15.0 Å². The van der Waals surface area contributed by atoms with Crippen LogP contribution in [0.25, 0.3) is 0 Å². The first-order valence-electron chi connectivity index (χ1n) is 8.64. The van der Waals surface area contributed by atoms with Crippen molar-refractivity contribution in [2.45, 2.75) is 11.7 Å². The van der Waals surface area contributed by atoms with Gasteiger partial charge in [-0.3, -0.25) is 14.5 Å². The number of aliphatic imine (C=N–C) groups is 1. The molecule has 9 heteroatoms. The van der Waals surface area contributed by atoms with Gasteiger partial charge < -0.3 is 10.1 Å². The number of amidine groups is 1. The van der Waals surface area contributed by atoms with Crippen LogP contribution < -0.4 is 5.32 Å². The van der Waals surface area contributed by atoms with Crippen molar-refractivity contribution < 1.29 is 19.1 Å². The molecule has 2 amide bonds. The van der Waals surface area contributed by atoms with Gasteiger partial charge >= 0.3 is 5.97 Å². The number of thioether (sulfide) groups is 1. The third kappa shape index (κ3) is 5.16. The molecule has 2 aromatic rings. The molecule has 2 aromatic carbocycles. The van der Waals surface area contributed by atoms with Crippen molar-refractivity contribution in [1.29, 1.82) is 0 Å². The van der Waals surface area contributed by atoms with Crippen LogP contribution in [0.5, 0.6) is 0 Å². The maximum atomic E-state index is 12.6. The number of carbonyl (C=O) groups excluding carboxylic acids is 3. The number of halogens is 1. The number of nitrogens with zero attached hydrogens (tertiary/aromatic N) is 2. The highest BCUT2D eigenvalue weighted by Crippen LogP contribution is 2.29. The summed E-state index contributed by atoms with van der Waals surface area (Å²) in [5.41, 5.74) is 1.51. The number of nitrogens with one attached hydrogen (secondary N) is 1. The van der Waals surface area contributed by atoms with E-state index >= 15 is 0 Å².